The smallest absolute Gasteiger partial charge is 0.344 e. The van der Waals surface area contributed by atoms with Crippen LogP contribution < -0.4 is 0 Å². The van der Waals surface area contributed by atoms with Crippen LogP contribution in [0.25, 0.3) is 0 Å². The van der Waals surface area contributed by atoms with Gasteiger partial charge in [0.25, 0.3) is 0 Å². The molecule has 0 aromatic heterocycles. The Morgan fingerprint density at radius 3 is 2.33 bits per heavy atom. The van der Waals surface area contributed by atoms with Crippen molar-refractivity contribution in [2.45, 2.75) is 38.7 Å². The van der Waals surface area contributed by atoms with Crippen molar-refractivity contribution in [1.82, 2.24) is 0 Å². The van der Waals surface area contributed by atoms with E-state index in [0.717, 1.165) is 19.3 Å². The van der Waals surface area contributed by atoms with E-state index in [0.29, 0.717) is 11.8 Å². The molecule has 0 aliphatic heterocycles. The zero-order valence-corrected chi connectivity index (χ0v) is 12.1. The van der Waals surface area contributed by atoms with Gasteiger partial charge in [-0.25, -0.2) is 14.4 Å². The first-order chi connectivity index (χ1) is 9.95. The van der Waals surface area contributed by atoms with Crippen molar-refractivity contribution in [3.63, 3.8) is 0 Å². The molecule has 0 spiro atoms. The van der Waals surface area contributed by atoms with Gasteiger partial charge in [-0.15, -0.1) is 0 Å². The van der Waals surface area contributed by atoms with Crippen LogP contribution in [-0.2, 0) is 28.6 Å². The van der Waals surface area contributed by atoms with E-state index in [1.54, 1.807) is 0 Å². The molecule has 6 heteroatoms. The van der Waals surface area contributed by atoms with Gasteiger partial charge in [0.2, 0.25) is 0 Å². The van der Waals surface area contributed by atoms with E-state index >= 15 is 0 Å². The van der Waals surface area contributed by atoms with E-state index < -0.39 is 31.1 Å². The van der Waals surface area contributed by atoms with Gasteiger partial charge in [0, 0.05) is 5.57 Å². The number of fused-ring (bicyclic) bond motifs is 2. The number of carbonyl (C=O) groups is 3. The predicted molar refractivity (Wildman–Crippen MR) is 72.1 cm³/mol. The molecule has 0 radical (unpaired) electrons. The molecule has 0 aromatic carbocycles. The van der Waals surface area contributed by atoms with Gasteiger partial charge >= 0.3 is 17.9 Å². The topological polar surface area (TPSA) is 78.9 Å². The fourth-order valence-electron chi connectivity index (χ4n) is 2.96. The van der Waals surface area contributed by atoms with Gasteiger partial charge in [-0.1, -0.05) is 6.58 Å². The van der Waals surface area contributed by atoms with Gasteiger partial charge in [0.15, 0.2) is 13.2 Å². The van der Waals surface area contributed by atoms with Crippen LogP contribution in [0.1, 0.15) is 32.6 Å². The number of hydrogen-bond acceptors (Lipinski definition) is 6. The Bertz CT molecular complexity index is 455. The zero-order chi connectivity index (χ0) is 15.4. The lowest BCUT2D eigenvalue weighted by atomic mass is 9.98. The van der Waals surface area contributed by atoms with Crippen LogP contribution in [0.5, 0.6) is 0 Å². The molecule has 2 saturated carbocycles. The minimum atomic E-state index is -0.783. The molecule has 116 valence electrons. The minimum Gasteiger partial charge on any atom is -0.460 e. The summed E-state index contributed by atoms with van der Waals surface area (Å²) in [6.45, 7) is 3.87. The molecular formula is C15H20O6. The number of ether oxygens (including phenoxy) is 3. The van der Waals surface area contributed by atoms with E-state index in [4.69, 9.17) is 9.47 Å². The van der Waals surface area contributed by atoms with Crippen LogP contribution in [0.3, 0.4) is 0 Å². The zero-order valence-electron chi connectivity index (χ0n) is 12.1. The van der Waals surface area contributed by atoms with Crippen molar-refractivity contribution in [1.29, 1.82) is 0 Å². The second-order valence-electron chi connectivity index (χ2n) is 5.72. The van der Waals surface area contributed by atoms with Crippen molar-refractivity contribution < 1.29 is 28.6 Å². The average molecular weight is 296 g/mol. The molecule has 0 amide bonds. The molecule has 0 saturated heterocycles. The van der Waals surface area contributed by atoms with Crippen molar-refractivity contribution >= 4 is 17.9 Å². The maximum Gasteiger partial charge on any atom is 0.344 e. The highest BCUT2D eigenvalue weighted by atomic mass is 16.6. The van der Waals surface area contributed by atoms with Crippen molar-refractivity contribution in [3.8, 4) is 0 Å². The fourth-order valence-corrected chi connectivity index (χ4v) is 2.96. The molecule has 2 aliphatic carbocycles. The van der Waals surface area contributed by atoms with E-state index in [-0.39, 0.29) is 11.7 Å². The molecule has 21 heavy (non-hydrogen) atoms. The van der Waals surface area contributed by atoms with E-state index in [1.165, 1.54) is 13.3 Å². The maximum absolute atomic E-state index is 11.6. The van der Waals surface area contributed by atoms with Crippen molar-refractivity contribution in [2.24, 2.45) is 11.8 Å². The largest absolute Gasteiger partial charge is 0.460 e. The number of hydrogen-bond donors (Lipinski definition) is 0. The van der Waals surface area contributed by atoms with Crippen LogP contribution in [0.2, 0.25) is 0 Å². The highest BCUT2D eigenvalue weighted by Crippen LogP contribution is 2.45. The Hall–Kier alpha value is -1.85. The van der Waals surface area contributed by atoms with E-state index in [9.17, 15) is 14.4 Å². The first-order valence-electron chi connectivity index (χ1n) is 7.13. The third-order valence-corrected chi connectivity index (χ3v) is 3.98. The summed E-state index contributed by atoms with van der Waals surface area (Å²) in [5, 5.41) is 0. The molecule has 2 aliphatic rings. The van der Waals surface area contributed by atoms with Crippen LogP contribution in [-0.4, -0.2) is 37.2 Å². The summed E-state index contributed by atoms with van der Waals surface area (Å²) >= 11 is 0. The Morgan fingerprint density at radius 2 is 1.76 bits per heavy atom. The van der Waals surface area contributed by atoms with Gasteiger partial charge in [-0.05, 0) is 44.4 Å². The second-order valence-corrected chi connectivity index (χ2v) is 5.72. The maximum atomic E-state index is 11.6. The molecule has 0 aromatic rings. The minimum absolute atomic E-state index is 0.0313. The summed E-state index contributed by atoms with van der Waals surface area (Å²) in [5.74, 6) is -0.860. The quantitative estimate of drug-likeness (QED) is 0.418. The molecule has 2 fully saturated rings. The summed E-state index contributed by atoms with van der Waals surface area (Å²) in [4.78, 5) is 34.0. The number of rotatable bonds is 6. The molecule has 2 rings (SSSR count). The molecule has 3 unspecified atom stereocenters. The second kappa shape index (κ2) is 6.74. The lowest BCUT2D eigenvalue weighted by Gasteiger charge is -2.21. The van der Waals surface area contributed by atoms with Crippen LogP contribution in [0.4, 0.5) is 0 Å². The highest BCUT2D eigenvalue weighted by molar-refractivity contribution is 5.88. The van der Waals surface area contributed by atoms with Crippen LogP contribution >= 0.6 is 0 Å². The summed E-state index contributed by atoms with van der Waals surface area (Å²) in [6.07, 6.45) is 4.35. The van der Waals surface area contributed by atoms with Crippen LogP contribution in [0, 0.1) is 11.8 Å². The third kappa shape index (κ3) is 4.31. The third-order valence-electron chi connectivity index (χ3n) is 3.98. The summed E-state index contributed by atoms with van der Waals surface area (Å²) in [5.41, 5.74) is 0.193. The fraction of sp³-hybridized carbons (Fsp3) is 0.667. The predicted octanol–water partition coefficient (Wildman–Crippen LogP) is 1.38. The Morgan fingerprint density at radius 1 is 1.05 bits per heavy atom. The lowest BCUT2D eigenvalue weighted by molar-refractivity contribution is -0.167. The first kappa shape index (κ1) is 15.5. The van der Waals surface area contributed by atoms with Crippen molar-refractivity contribution in [3.05, 3.63) is 12.2 Å². The normalized spacial score (nSPS) is 26.2. The summed E-state index contributed by atoms with van der Waals surface area (Å²) in [6, 6.07) is 0. The Balaban J connectivity index is 1.61. The van der Waals surface area contributed by atoms with Crippen molar-refractivity contribution in [2.75, 3.05) is 13.2 Å². The summed E-state index contributed by atoms with van der Waals surface area (Å²) in [7, 11) is 0. The first-order valence-corrected chi connectivity index (χ1v) is 7.13. The van der Waals surface area contributed by atoms with Gasteiger partial charge in [0.05, 0.1) is 0 Å². The molecule has 0 heterocycles. The van der Waals surface area contributed by atoms with E-state index in [1.807, 2.05) is 0 Å². The van der Waals surface area contributed by atoms with Gasteiger partial charge < -0.3 is 14.2 Å². The molecular weight excluding hydrogens is 276 g/mol. The molecule has 6 nitrogen and oxygen atoms in total. The Kier molecular flexibility index (Phi) is 4.98. The van der Waals surface area contributed by atoms with Gasteiger partial charge in [-0.2, -0.15) is 0 Å². The number of esters is 3. The highest BCUT2D eigenvalue weighted by Gasteiger charge is 2.41. The molecule has 0 N–H and O–H groups in total. The summed E-state index contributed by atoms with van der Waals surface area (Å²) < 4.78 is 14.6. The number of carbonyl (C=O) groups excluding carboxylic acids is 3. The standard InChI is InChI=1S/C15H20O6/c1-9(2)15(18)20-7-13(16)19-8-14(17)21-12-6-10-3-4-11(12)5-10/h10-12H,1,3-8H2,2H3. The van der Waals surface area contributed by atoms with Crippen LogP contribution in [0.15, 0.2) is 12.2 Å². The van der Waals surface area contributed by atoms with Gasteiger partial charge in [-0.3, -0.25) is 0 Å². The van der Waals surface area contributed by atoms with E-state index in [2.05, 4.69) is 11.3 Å². The Labute approximate surface area is 123 Å². The molecule has 2 bridgehead atoms. The molecule has 3 atom stereocenters. The van der Waals surface area contributed by atoms with Gasteiger partial charge in [0.1, 0.15) is 6.10 Å². The lowest BCUT2D eigenvalue weighted by Crippen LogP contribution is -2.28. The average Bonchev–Trinajstić information content (AvgIpc) is 3.04. The monoisotopic (exact) mass is 296 g/mol. The SMILES string of the molecule is C=C(C)C(=O)OCC(=O)OCC(=O)OC1CC2CCC1C2.